The van der Waals surface area contributed by atoms with Crippen molar-refractivity contribution in [1.82, 2.24) is 10.6 Å². The Hall–Kier alpha value is -1.65. The van der Waals surface area contributed by atoms with Gasteiger partial charge in [0.2, 0.25) is 0 Å². The number of benzene rings is 1. The molecule has 1 aliphatic heterocycles. The maximum absolute atomic E-state index is 13.4. The van der Waals surface area contributed by atoms with Gasteiger partial charge in [-0.05, 0) is 49.1 Å². The Morgan fingerprint density at radius 3 is 2.60 bits per heavy atom. The van der Waals surface area contributed by atoms with Crippen molar-refractivity contribution in [1.29, 1.82) is 0 Å². The SMILES string of the molecule is CN=C(NCCCOCc1ccco1)NCC1(c2ccc(F)cc2)CCOCC1.I. The molecule has 166 valence electrons. The lowest BCUT2D eigenvalue weighted by Gasteiger charge is -2.38. The van der Waals surface area contributed by atoms with Gasteiger partial charge >= 0.3 is 0 Å². The number of furan rings is 1. The first-order chi connectivity index (χ1) is 14.2. The first kappa shape index (κ1) is 24.6. The van der Waals surface area contributed by atoms with Crippen LogP contribution in [0.2, 0.25) is 0 Å². The zero-order valence-corrected chi connectivity index (χ0v) is 19.7. The van der Waals surface area contributed by atoms with Gasteiger partial charge < -0.3 is 24.5 Å². The summed E-state index contributed by atoms with van der Waals surface area (Å²) in [5, 5.41) is 6.76. The molecule has 1 fully saturated rings. The van der Waals surface area contributed by atoms with Crippen LogP contribution in [0.1, 0.15) is 30.6 Å². The van der Waals surface area contributed by atoms with E-state index in [9.17, 15) is 4.39 Å². The number of rotatable bonds is 9. The summed E-state index contributed by atoms with van der Waals surface area (Å²) in [6.07, 6.45) is 4.29. The minimum Gasteiger partial charge on any atom is -0.467 e. The zero-order chi connectivity index (χ0) is 20.4. The Labute approximate surface area is 194 Å². The first-order valence-corrected chi connectivity index (χ1v) is 10.1. The van der Waals surface area contributed by atoms with Crippen molar-refractivity contribution >= 4 is 29.9 Å². The molecule has 1 saturated heterocycles. The molecule has 6 nitrogen and oxygen atoms in total. The van der Waals surface area contributed by atoms with Gasteiger partial charge in [0.25, 0.3) is 0 Å². The van der Waals surface area contributed by atoms with Gasteiger partial charge in [0, 0.05) is 45.4 Å². The monoisotopic (exact) mass is 531 g/mol. The highest BCUT2D eigenvalue weighted by Gasteiger charge is 2.34. The number of halogens is 2. The molecule has 0 saturated carbocycles. The quantitative estimate of drug-likeness (QED) is 0.223. The van der Waals surface area contributed by atoms with Crippen molar-refractivity contribution in [2.24, 2.45) is 4.99 Å². The summed E-state index contributed by atoms with van der Waals surface area (Å²) in [5.74, 6) is 1.37. The van der Waals surface area contributed by atoms with Crippen LogP contribution in [-0.4, -0.2) is 45.9 Å². The normalized spacial score (nSPS) is 16.0. The molecule has 0 radical (unpaired) electrons. The number of ether oxygens (including phenoxy) is 2. The molecule has 1 aromatic carbocycles. The van der Waals surface area contributed by atoms with E-state index in [0.29, 0.717) is 26.4 Å². The first-order valence-electron chi connectivity index (χ1n) is 10.1. The number of hydrogen-bond donors (Lipinski definition) is 2. The van der Waals surface area contributed by atoms with Crippen molar-refractivity contribution < 1.29 is 18.3 Å². The summed E-state index contributed by atoms with van der Waals surface area (Å²) in [6, 6.07) is 10.6. The lowest BCUT2D eigenvalue weighted by atomic mass is 9.74. The number of nitrogens with zero attached hydrogens (tertiary/aromatic N) is 1. The molecule has 0 unspecified atom stereocenters. The van der Waals surface area contributed by atoms with Gasteiger partial charge in [0.05, 0.1) is 6.26 Å². The van der Waals surface area contributed by atoms with Crippen LogP contribution < -0.4 is 10.6 Å². The largest absolute Gasteiger partial charge is 0.467 e. The van der Waals surface area contributed by atoms with E-state index in [4.69, 9.17) is 13.9 Å². The van der Waals surface area contributed by atoms with E-state index < -0.39 is 0 Å². The fourth-order valence-electron chi connectivity index (χ4n) is 3.56. The molecule has 0 spiro atoms. The van der Waals surface area contributed by atoms with Crippen LogP contribution >= 0.6 is 24.0 Å². The number of hydrogen-bond acceptors (Lipinski definition) is 4. The summed E-state index contributed by atoms with van der Waals surface area (Å²) in [6.45, 7) is 4.01. The van der Waals surface area contributed by atoms with Gasteiger partial charge in [-0.1, -0.05) is 12.1 Å². The van der Waals surface area contributed by atoms with Crippen molar-refractivity contribution in [3.05, 3.63) is 59.8 Å². The van der Waals surface area contributed by atoms with Gasteiger partial charge in [-0.25, -0.2) is 4.39 Å². The van der Waals surface area contributed by atoms with Gasteiger partial charge in [-0.2, -0.15) is 0 Å². The Kier molecular flexibility index (Phi) is 10.6. The highest BCUT2D eigenvalue weighted by atomic mass is 127. The smallest absolute Gasteiger partial charge is 0.191 e. The Morgan fingerprint density at radius 1 is 1.17 bits per heavy atom. The molecular formula is C22H31FIN3O3. The summed E-state index contributed by atoms with van der Waals surface area (Å²) in [7, 11) is 1.76. The predicted octanol–water partition coefficient (Wildman–Crippen LogP) is 3.86. The highest BCUT2D eigenvalue weighted by Crippen LogP contribution is 2.34. The van der Waals surface area contributed by atoms with Crippen molar-refractivity contribution in [2.75, 3.05) is 40.0 Å². The molecule has 1 aliphatic rings. The van der Waals surface area contributed by atoms with E-state index in [1.807, 2.05) is 24.3 Å². The third kappa shape index (κ3) is 7.24. The molecule has 1 aromatic heterocycles. The summed E-state index contributed by atoms with van der Waals surface area (Å²) < 4.78 is 29.8. The second-order valence-corrected chi connectivity index (χ2v) is 7.24. The molecule has 0 atom stereocenters. The van der Waals surface area contributed by atoms with E-state index in [0.717, 1.165) is 49.6 Å². The van der Waals surface area contributed by atoms with Gasteiger partial charge in [0.15, 0.2) is 5.96 Å². The lowest BCUT2D eigenvalue weighted by molar-refractivity contribution is 0.0513. The Bertz CT molecular complexity index is 747. The molecule has 0 aliphatic carbocycles. The van der Waals surface area contributed by atoms with Crippen LogP contribution in [0.4, 0.5) is 4.39 Å². The molecule has 2 heterocycles. The lowest BCUT2D eigenvalue weighted by Crippen LogP contribution is -2.48. The third-order valence-corrected chi connectivity index (χ3v) is 5.31. The van der Waals surface area contributed by atoms with Crippen molar-refractivity contribution in [3.63, 3.8) is 0 Å². The molecule has 30 heavy (non-hydrogen) atoms. The van der Waals surface area contributed by atoms with E-state index in [1.54, 1.807) is 13.3 Å². The molecular weight excluding hydrogens is 500 g/mol. The average Bonchev–Trinajstić information content (AvgIpc) is 3.27. The molecule has 2 aromatic rings. The van der Waals surface area contributed by atoms with Gasteiger partial charge in [-0.15, -0.1) is 24.0 Å². The van der Waals surface area contributed by atoms with E-state index in [-0.39, 0.29) is 35.2 Å². The Balaban J connectivity index is 0.00000320. The van der Waals surface area contributed by atoms with E-state index in [2.05, 4.69) is 15.6 Å². The third-order valence-electron chi connectivity index (χ3n) is 5.31. The van der Waals surface area contributed by atoms with Crippen LogP contribution in [0.25, 0.3) is 0 Å². The molecule has 2 N–H and O–H groups in total. The van der Waals surface area contributed by atoms with Crippen molar-refractivity contribution in [2.45, 2.75) is 31.3 Å². The molecule has 0 bridgehead atoms. The fraction of sp³-hybridized carbons (Fsp3) is 0.500. The summed E-state index contributed by atoms with van der Waals surface area (Å²) >= 11 is 0. The fourth-order valence-corrected chi connectivity index (χ4v) is 3.56. The van der Waals surface area contributed by atoms with Gasteiger partial charge in [-0.3, -0.25) is 4.99 Å². The average molecular weight is 531 g/mol. The summed E-state index contributed by atoms with van der Waals surface area (Å²) in [5.41, 5.74) is 1.05. The van der Waals surface area contributed by atoms with Crippen LogP contribution in [0.15, 0.2) is 52.1 Å². The van der Waals surface area contributed by atoms with Crippen LogP contribution in [0, 0.1) is 5.82 Å². The predicted molar refractivity (Wildman–Crippen MR) is 126 cm³/mol. The van der Waals surface area contributed by atoms with E-state index in [1.165, 1.54) is 12.1 Å². The number of aliphatic imine (C=N–C) groups is 1. The van der Waals surface area contributed by atoms with Gasteiger partial charge in [0.1, 0.15) is 18.2 Å². The van der Waals surface area contributed by atoms with Crippen molar-refractivity contribution in [3.8, 4) is 0 Å². The minimum absolute atomic E-state index is 0. The second-order valence-electron chi connectivity index (χ2n) is 7.24. The topological polar surface area (TPSA) is 68.0 Å². The van der Waals surface area contributed by atoms with Crippen LogP contribution in [0.3, 0.4) is 0 Å². The standard InChI is InChI=1S/C22H30FN3O3.HI/c1-24-21(25-11-3-12-28-16-20-4-2-13-29-20)26-17-22(9-14-27-15-10-22)18-5-7-19(23)8-6-18;/h2,4-8,13H,3,9-12,14-17H2,1H3,(H2,24,25,26);1H. The molecule has 0 amide bonds. The highest BCUT2D eigenvalue weighted by molar-refractivity contribution is 14.0. The second kappa shape index (κ2) is 12.9. The molecule has 3 rings (SSSR count). The maximum Gasteiger partial charge on any atom is 0.191 e. The van der Waals surface area contributed by atoms with Crippen LogP contribution in [-0.2, 0) is 21.5 Å². The minimum atomic E-state index is -0.212. The van der Waals surface area contributed by atoms with Crippen LogP contribution in [0.5, 0.6) is 0 Å². The maximum atomic E-state index is 13.4. The number of nitrogens with one attached hydrogen (secondary N) is 2. The molecule has 8 heteroatoms. The zero-order valence-electron chi connectivity index (χ0n) is 17.4. The summed E-state index contributed by atoms with van der Waals surface area (Å²) in [4.78, 5) is 4.32. The Morgan fingerprint density at radius 2 is 1.93 bits per heavy atom. The van der Waals surface area contributed by atoms with E-state index >= 15 is 0 Å². The number of guanidine groups is 1.